The van der Waals surface area contributed by atoms with E-state index in [9.17, 15) is 18.5 Å². The number of benzene rings is 1. The summed E-state index contributed by atoms with van der Waals surface area (Å²) in [7, 11) is 0.208. The van der Waals surface area contributed by atoms with Crippen LogP contribution in [0, 0.1) is 16.0 Å². The number of nitro benzene ring substituents is 1. The lowest BCUT2D eigenvalue weighted by molar-refractivity contribution is -0.384. The molecule has 1 N–H and O–H groups in total. The molecule has 0 unspecified atom stereocenters. The highest BCUT2D eigenvalue weighted by Crippen LogP contribution is 2.29. The minimum absolute atomic E-state index is 0.0604. The summed E-state index contributed by atoms with van der Waals surface area (Å²) in [5.74, 6) is 0.496. The van der Waals surface area contributed by atoms with Crippen LogP contribution in [-0.4, -0.2) is 62.3 Å². The molecular formula is C18H32N4O4S. The topological polar surface area (TPSA) is 95.8 Å². The summed E-state index contributed by atoms with van der Waals surface area (Å²) in [6.07, 6.45) is 0.947. The Labute approximate surface area is 162 Å². The van der Waals surface area contributed by atoms with Gasteiger partial charge in [0.05, 0.1) is 9.82 Å². The van der Waals surface area contributed by atoms with Gasteiger partial charge in [0.25, 0.3) is 5.69 Å². The van der Waals surface area contributed by atoms with Gasteiger partial charge in [-0.1, -0.05) is 27.7 Å². The molecule has 1 aromatic rings. The van der Waals surface area contributed by atoms with Crippen molar-refractivity contribution in [3.05, 3.63) is 28.3 Å². The smallest absolute Gasteiger partial charge is 0.293 e. The molecule has 8 nitrogen and oxygen atoms in total. The van der Waals surface area contributed by atoms with E-state index >= 15 is 0 Å². The summed E-state index contributed by atoms with van der Waals surface area (Å²) in [4.78, 5) is 13.0. The average molecular weight is 401 g/mol. The third-order valence-corrected chi connectivity index (χ3v) is 6.56. The number of anilines is 1. The molecule has 0 aromatic heterocycles. The van der Waals surface area contributed by atoms with Crippen LogP contribution in [0.3, 0.4) is 0 Å². The van der Waals surface area contributed by atoms with Crippen molar-refractivity contribution >= 4 is 21.4 Å². The molecule has 1 aromatic carbocycles. The molecule has 0 bridgehead atoms. The van der Waals surface area contributed by atoms with E-state index in [1.54, 1.807) is 13.8 Å². The van der Waals surface area contributed by atoms with Gasteiger partial charge in [-0.3, -0.25) is 10.1 Å². The Bertz CT molecular complexity index is 731. The quantitative estimate of drug-likeness (QED) is 0.453. The number of nitrogens with zero attached hydrogens (tertiary/aromatic N) is 3. The van der Waals surface area contributed by atoms with Crippen LogP contribution in [0.1, 0.15) is 34.1 Å². The van der Waals surface area contributed by atoms with Crippen LogP contribution in [0.5, 0.6) is 0 Å². The van der Waals surface area contributed by atoms with Gasteiger partial charge >= 0.3 is 0 Å². The van der Waals surface area contributed by atoms with Crippen molar-refractivity contribution in [3.8, 4) is 0 Å². The van der Waals surface area contributed by atoms with Gasteiger partial charge in [-0.05, 0) is 38.6 Å². The molecular weight excluding hydrogens is 368 g/mol. The SMILES string of the molecule is CCN(CC)S(=O)(=O)c1ccc(NC[C@H](CC(C)C)N(C)C)c([N+](=O)[O-])c1. The van der Waals surface area contributed by atoms with Crippen LogP contribution < -0.4 is 5.32 Å². The van der Waals surface area contributed by atoms with Crippen LogP contribution >= 0.6 is 0 Å². The molecule has 1 rings (SSSR count). The number of hydrogen-bond acceptors (Lipinski definition) is 6. The summed E-state index contributed by atoms with van der Waals surface area (Å²) in [5.41, 5.74) is 0.0967. The van der Waals surface area contributed by atoms with Crippen molar-refractivity contribution < 1.29 is 13.3 Å². The van der Waals surface area contributed by atoms with E-state index in [1.807, 2.05) is 14.1 Å². The van der Waals surface area contributed by atoms with E-state index in [0.717, 1.165) is 12.5 Å². The summed E-state index contributed by atoms with van der Waals surface area (Å²) >= 11 is 0. The molecule has 0 fully saturated rings. The maximum atomic E-state index is 12.6. The highest BCUT2D eigenvalue weighted by molar-refractivity contribution is 7.89. The minimum Gasteiger partial charge on any atom is -0.378 e. The maximum Gasteiger partial charge on any atom is 0.293 e. The Morgan fingerprint density at radius 3 is 2.22 bits per heavy atom. The van der Waals surface area contributed by atoms with Gasteiger partial charge in [0.2, 0.25) is 10.0 Å². The van der Waals surface area contributed by atoms with Gasteiger partial charge < -0.3 is 10.2 Å². The van der Waals surface area contributed by atoms with E-state index < -0.39 is 14.9 Å². The monoisotopic (exact) mass is 400 g/mol. The molecule has 9 heteroatoms. The zero-order valence-electron chi connectivity index (χ0n) is 17.1. The Balaban J connectivity index is 3.15. The summed E-state index contributed by atoms with van der Waals surface area (Å²) in [6, 6.07) is 4.26. The van der Waals surface area contributed by atoms with E-state index in [0.29, 0.717) is 31.2 Å². The van der Waals surface area contributed by atoms with Crippen LogP contribution in [0.15, 0.2) is 23.1 Å². The Morgan fingerprint density at radius 1 is 1.19 bits per heavy atom. The van der Waals surface area contributed by atoms with E-state index in [2.05, 4.69) is 24.1 Å². The van der Waals surface area contributed by atoms with Crippen molar-refractivity contribution in [2.75, 3.05) is 39.0 Å². The third-order valence-electron chi connectivity index (χ3n) is 4.51. The highest BCUT2D eigenvalue weighted by atomic mass is 32.2. The Kier molecular flexibility index (Phi) is 8.64. The normalized spacial score (nSPS) is 13.4. The first-order valence-corrected chi connectivity index (χ1v) is 10.7. The number of likely N-dealkylation sites (N-methyl/N-ethyl adjacent to an activating group) is 1. The molecule has 27 heavy (non-hydrogen) atoms. The van der Waals surface area contributed by atoms with Gasteiger partial charge in [0, 0.05) is 31.7 Å². The van der Waals surface area contributed by atoms with E-state index in [4.69, 9.17) is 0 Å². The van der Waals surface area contributed by atoms with Gasteiger partial charge in [-0.25, -0.2) is 8.42 Å². The summed E-state index contributed by atoms with van der Waals surface area (Å²) < 4.78 is 26.5. The first-order valence-electron chi connectivity index (χ1n) is 9.23. The van der Waals surface area contributed by atoms with Gasteiger partial charge in [-0.15, -0.1) is 0 Å². The molecule has 0 spiro atoms. The van der Waals surface area contributed by atoms with Gasteiger partial charge in [-0.2, -0.15) is 4.31 Å². The number of nitrogens with one attached hydrogen (secondary N) is 1. The third kappa shape index (κ3) is 6.15. The lowest BCUT2D eigenvalue weighted by Crippen LogP contribution is -2.35. The number of sulfonamides is 1. The second kappa shape index (κ2) is 10.0. The number of hydrogen-bond donors (Lipinski definition) is 1. The lowest BCUT2D eigenvalue weighted by atomic mass is 10.0. The number of rotatable bonds is 11. The molecule has 0 aliphatic rings. The van der Waals surface area contributed by atoms with Crippen molar-refractivity contribution in [3.63, 3.8) is 0 Å². The Hall–Kier alpha value is -1.71. The fourth-order valence-corrected chi connectivity index (χ4v) is 4.41. The predicted octanol–water partition coefficient (Wildman–Crippen LogP) is 3.01. The first-order chi connectivity index (χ1) is 12.5. The fourth-order valence-electron chi connectivity index (χ4n) is 2.93. The molecule has 0 amide bonds. The largest absolute Gasteiger partial charge is 0.378 e. The minimum atomic E-state index is -3.74. The fraction of sp³-hybridized carbons (Fsp3) is 0.667. The molecule has 154 valence electrons. The predicted molar refractivity (Wildman–Crippen MR) is 109 cm³/mol. The first kappa shape index (κ1) is 23.3. The van der Waals surface area contributed by atoms with E-state index in [-0.39, 0.29) is 16.6 Å². The zero-order valence-corrected chi connectivity index (χ0v) is 17.9. The average Bonchev–Trinajstić information content (AvgIpc) is 2.58. The second-order valence-electron chi connectivity index (χ2n) is 7.15. The van der Waals surface area contributed by atoms with E-state index in [1.165, 1.54) is 16.4 Å². The molecule has 0 radical (unpaired) electrons. The molecule has 0 aliphatic heterocycles. The number of nitro groups is 1. The molecule has 1 atom stereocenters. The van der Waals surface area contributed by atoms with Gasteiger partial charge in [0.15, 0.2) is 0 Å². The molecule has 0 aliphatic carbocycles. The van der Waals surface area contributed by atoms with Crippen molar-refractivity contribution in [1.29, 1.82) is 0 Å². The van der Waals surface area contributed by atoms with Crippen molar-refractivity contribution in [1.82, 2.24) is 9.21 Å². The maximum absolute atomic E-state index is 12.6. The van der Waals surface area contributed by atoms with Crippen LogP contribution in [0.4, 0.5) is 11.4 Å². The molecule has 0 heterocycles. The van der Waals surface area contributed by atoms with Crippen LogP contribution in [0.2, 0.25) is 0 Å². The van der Waals surface area contributed by atoms with Gasteiger partial charge in [0.1, 0.15) is 5.69 Å². The van der Waals surface area contributed by atoms with Crippen molar-refractivity contribution in [2.45, 2.75) is 45.1 Å². The van der Waals surface area contributed by atoms with Crippen LogP contribution in [0.25, 0.3) is 0 Å². The summed E-state index contributed by atoms with van der Waals surface area (Å²) in [6.45, 7) is 8.90. The van der Waals surface area contributed by atoms with Crippen LogP contribution in [-0.2, 0) is 10.0 Å². The molecule has 0 saturated heterocycles. The Morgan fingerprint density at radius 2 is 1.78 bits per heavy atom. The standard InChI is InChI=1S/C18H32N4O4S/c1-7-21(8-2)27(25,26)16-9-10-17(18(12-16)22(23)24)19-13-15(20(5)6)11-14(3)4/h9-10,12,14-15,19H,7-8,11,13H2,1-6H3/t15-/m0/s1. The lowest BCUT2D eigenvalue weighted by Gasteiger charge is -2.26. The van der Waals surface area contributed by atoms with Crippen molar-refractivity contribution in [2.24, 2.45) is 5.92 Å². The second-order valence-corrected chi connectivity index (χ2v) is 9.09. The zero-order chi connectivity index (χ0) is 20.8. The molecule has 0 saturated carbocycles. The summed E-state index contributed by atoms with van der Waals surface area (Å²) in [5, 5.41) is 14.6. The highest BCUT2D eigenvalue weighted by Gasteiger charge is 2.26.